The number of unbranched alkanes of at least 4 members (excludes halogenated alkanes) is 13. The van der Waals surface area contributed by atoms with Gasteiger partial charge in [0, 0.05) is 12.8 Å². The Balaban J connectivity index is 1.75. The molecule has 0 aliphatic carbocycles. The fourth-order valence-electron chi connectivity index (χ4n) is 3.11. The van der Waals surface area contributed by atoms with Gasteiger partial charge in [-0.3, -0.25) is 4.99 Å². The third-order valence-electron chi connectivity index (χ3n) is 4.68. The van der Waals surface area contributed by atoms with Gasteiger partial charge in [0.25, 0.3) is 0 Å². The minimum absolute atomic E-state index is 0.979. The van der Waals surface area contributed by atoms with E-state index >= 15 is 0 Å². The first-order valence-electron chi connectivity index (χ1n) is 10.5. The van der Waals surface area contributed by atoms with E-state index in [-0.39, 0.29) is 0 Å². The maximum Gasteiger partial charge on any atom is 0.0389 e. The maximum atomic E-state index is 4.51. The standard InChI is InChI=1S/C23H39N/c1-2-3-4-5-6-7-8-9-10-11-12-13-14-18-21-24-22-23-19-16-15-17-20-23/h15-17,19-20,22H,2-14,18,21H2,1H3/b24-22+. The average molecular weight is 330 g/mol. The molecule has 1 aromatic carbocycles. The zero-order valence-corrected chi connectivity index (χ0v) is 16.0. The third kappa shape index (κ3) is 13.3. The summed E-state index contributed by atoms with van der Waals surface area (Å²) in [7, 11) is 0. The summed E-state index contributed by atoms with van der Waals surface area (Å²) in [5.41, 5.74) is 1.21. The van der Waals surface area contributed by atoms with Crippen molar-refractivity contribution < 1.29 is 0 Å². The Morgan fingerprint density at radius 2 is 1.08 bits per heavy atom. The molecule has 0 fully saturated rings. The Bertz CT molecular complexity index is 382. The van der Waals surface area contributed by atoms with E-state index in [0.29, 0.717) is 0 Å². The summed E-state index contributed by atoms with van der Waals surface area (Å²) >= 11 is 0. The summed E-state index contributed by atoms with van der Waals surface area (Å²) in [6.07, 6.45) is 21.8. The van der Waals surface area contributed by atoms with Crippen molar-refractivity contribution >= 4 is 6.21 Å². The van der Waals surface area contributed by atoms with E-state index < -0.39 is 0 Å². The van der Waals surface area contributed by atoms with Crippen molar-refractivity contribution in [1.29, 1.82) is 0 Å². The molecule has 0 radical (unpaired) electrons. The monoisotopic (exact) mass is 329 g/mol. The fraction of sp³-hybridized carbons (Fsp3) is 0.696. The Morgan fingerprint density at radius 3 is 1.58 bits per heavy atom. The minimum atomic E-state index is 0.979. The van der Waals surface area contributed by atoms with Crippen LogP contribution in [0.4, 0.5) is 0 Å². The number of rotatable bonds is 16. The van der Waals surface area contributed by atoms with E-state index in [9.17, 15) is 0 Å². The average Bonchev–Trinajstić information content (AvgIpc) is 2.62. The number of nitrogens with zero attached hydrogens (tertiary/aromatic N) is 1. The van der Waals surface area contributed by atoms with Gasteiger partial charge < -0.3 is 0 Å². The first kappa shape index (κ1) is 20.9. The minimum Gasteiger partial charge on any atom is -0.293 e. The van der Waals surface area contributed by atoms with Crippen LogP contribution in [0.2, 0.25) is 0 Å². The number of hydrogen-bond acceptors (Lipinski definition) is 1. The fourth-order valence-corrected chi connectivity index (χ4v) is 3.11. The molecule has 1 rings (SSSR count). The van der Waals surface area contributed by atoms with Gasteiger partial charge in [-0.05, 0) is 12.0 Å². The SMILES string of the molecule is CCCCCCCCCCCCCCCC/N=C/c1ccccc1. The van der Waals surface area contributed by atoms with Crippen molar-refractivity contribution in [3.05, 3.63) is 35.9 Å². The summed E-state index contributed by atoms with van der Waals surface area (Å²) in [6.45, 7) is 3.27. The van der Waals surface area contributed by atoms with Gasteiger partial charge in [0.1, 0.15) is 0 Å². The lowest BCUT2D eigenvalue weighted by Crippen LogP contribution is -1.86. The molecule has 1 aromatic rings. The Morgan fingerprint density at radius 1 is 0.625 bits per heavy atom. The molecular weight excluding hydrogens is 290 g/mol. The Kier molecular flexibility index (Phi) is 14.6. The van der Waals surface area contributed by atoms with Crippen molar-refractivity contribution in [3.8, 4) is 0 Å². The smallest absolute Gasteiger partial charge is 0.0389 e. The molecule has 0 heterocycles. The highest BCUT2D eigenvalue weighted by molar-refractivity contribution is 5.79. The molecule has 0 aliphatic heterocycles. The lowest BCUT2D eigenvalue weighted by molar-refractivity contribution is 0.536. The number of aliphatic imine (C=N–C) groups is 1. The Hall–Kier alpha value is -1.11. The van der Waals surface area contributed by atoms with Crippen molar-refractivity contribution in [2.45, 2.75) is 96.8 Å². The first-order valence-corrected chi connectivity index (χ1v) is 10.5. The van der Waals surface area contributed by atoms with Gasteiger partial charge in [-0.25, -0.2) is 0 Å². The van der Waals surface area contributed by atoms with E-state index in [1.807, 2.05) is 12.3 Å². The molecule has 0 unspecified atom stereocenters. The second kappa shape index (κ2) is 16.7. The summed E-state index contributed by atoms with van der Waals surface area (Å²) in [5, 5.41) is 0. The first-order chi connectivity index (χ1) is 11.9. The molecule has 0 saturated carbocycles. The number of hydrogen-bond donors (Lipinski definition) is 0. The van der Waals surface area contributed by atoms with Gasteiger partial charge in [-0.15, -0.1) is 0 Å². The van der Waals surface area contributed by atoms with Gasteiger partial charge in [0.15, 0.2) is 0 Å². The lowest BCUT2D eigenvalue weighted by Gasteiger charge is -2.02. The van der Waals surface area contributed by atoms with Crippen LogP contribution in [0, 0.1) is 0 Å². The highest BCUT2D eigenvalue weighted by atomic mass is 14.7. The molecule has 1 nitrogen and oxygen atoms in total. The topological polar surface area (TPSA) is 12.4 Å². The van der Waals surface area contributed by atoms with Crippen LogP contribution >= 0.6 is 0 Å². The molecule has 0 N–H and O–H groups in total. The molecule has 0 amide bonds. The van der Waals surface area contributed by atoms with Crippen molar-refractivity contribution in [3.63, 3.8) is 0 Å². The molecule has 0 spiro atoms. The van der Waals surface area contributed by atoms with Crippen molar-refractivity contribution in [2.24, 2.45) is 4.99 Å². The molecular formula is C23H39N. The molecule has 1 heteroatoms. The lowest BCUT2D eigenvalue weighted by atomic mass is 10.0. The van der Waals surface area contributed by atoms with E-state index in [0.717, 1.165) is 6.54 Å². The quantitative estimate of drug-likeness (QED) is 0.219. The van der Waals surface area contributed by atoms with Crippen LogP contribution < -0.4 is 0 Å². The van der Waals surface area contributed by atoms with Crippen molar-refractivity contribution in [2.75, 3.05) is 6.54 Å². The maximum absolute atomic E-state index is 4.51. The van der Waals surface area contributed by atoms with Crippen LogP contribution in [0.3, 0.4) is 0 Å². The van der Waals surface area contributed by atoms with E-state index in [2.05, 4.69) is 36.2 Å². The molecule has 0 aromatic heterocycles. The zero-order chi connectivity index (χ0) is 17.1. The van der Waals surface area contributed by atoms with E-state index in [4.69, 9.17) is 0 Å². The van der Waals surface area contributed by atoms with Crippen LogP contribution in [0.5, 0.6) is 0 Å². The second-order valence-electron chi connectivity index (χ2n) is 7.04. The van der Waals surface area contributed by atoms with Crippen LogP contribution in [-0.4, -0.2) is 12.8 Å². The van der Waals surface area contributed by atoms with Crippen LogP contribution in [-0.2, 0) is 0 Å². The summed E-state index contributed by atoms with van der Waals surface area (Å²) in [4.78, 5) is 4.51. The van der Waals surface area contributed by atoms with E-state index in [1.54, 1.807) is 0 Å². The van der Waals surface area contributed by atoms with Crippen LogP contribution in [0.1, 0.15) is 102 Å². The predicted octanol–water partition coefficient (Wildman–Crippen LogP) is 7.59. The van der Waals surface area contributed by atoms with Gasteiger partial charge in [-0.1, -0.05) is 121 Å². The molecule has 0 saturated heterocycles. The third-order valence-corrected chi connectivity index (χ3v) is 4.68. The summed E-state index contributed by atoms with van der Waals surface area (Å²) in [6, 6.07) is 10.4. The van der Waals surface area contributed by atoms with Gasteiger partial charge >= 0.3 is 0 Å². The molecule has 0 bridgehead atoms. The Labute approximate surface area is 151 Å². The summed E-state index contributed by atoms with van der Waals surface area (Å²) in [5.74, 6) is 0. The molecule has 24 heavy (non-hydrogen) atoms. The van der Waals surface area contributed by atoms with Crippen molar-refractivity contribution in [1.82, 2.24) is 0 Å². The predicted molar refractivity (Wildman–Crippen MR) is 109 cm³/mol. The van der Waals surface area contributed by atoms with Crippen LogP contribution in [0.15, 0.2) is 35.3 Å². The number of benzene rings is 1. The highest BCUT2D eigenvalue weighted by Gasteiger charge is 1.94. The largest absolute Gasteiger partial charge is 0.293 e. The highest BCUT2D eigenvalue weighted by Crippen LogP contribution is 2.12. The van der Waals surface area contributed by atoms with Gasteiger partial charge in [0.05, 0.1) is 0 Å². The zero-order valence-electron chi connectivity index (χ0n) is 16.0. The van der Waals surface area contributed by atoms with Gasteiger partial charge in [-0.2, -0.15) is 0 Å². The normalized spacial score (nSPS) is 11.4. The molecule has 0 atom stereocenters. The van der Waals surface area contributed by atoms with Gasteiger partial charge in [0.2, 0.25) is 0 Å². The second-order valence-corrected chi connectivity index (χ2v) is 7.04. The van der Waals surface area contributed by atoms with Crippen LogP contribution in [0.25, 0.3) is 0 Å². The molecule has 136 valence electrons. The molecule has 0 aliphatic rings. The summed E-state index contributed by atoms with van der Waals surface area (Å²) < 4.78 is 0. The van der Waals surface area contributed by atoms with E-state index in [1.165, 1.54) is 95.5 Å².